The van der Waals surface area contributed by atoms with E-state index in [1.165, 1.54) is 11.9 Å². The molecule has 1 saturated heterocycles. The van der Waals surface area contributed by atoms with Crippen molar-refractivity contribution in [2.24, 2.45) is 0 Å². The molecule has 1 rings (SSSR count). The van der Waals surface area contributed by atoms with Crippen LogP contribution in [0.15, 0.2) is 0 Å². The zero-order valence-electron chi connectivity index (χ0n) is 10.9. The van der Waals surface area contributed by atoms with E-state index in [9.17, 15) is 9.59 Å². The van der Waals surface area contributed by atoms with Gasteiger partial charge in [-0.25, -0.2) is 4.79 Å². The Labute approximate surface area is 102 Å². The van der Waals surface area contributed by atoms with Gasteiger partial charge in [0.2, 0.25) is 0 Å². The summed E-state index contributed by atoms with van der Waals surface area (Å²) in [5.74, 6) is -0.991. The molecule has 2 amide bonds. The topological polar surface area (TPSA) is 64.1 Å². The molecule has 1 aliphatic heterocycles. The molecule has 1 heterocycles. The smallest absolute Gasteiger partial charge is 0.323 e. The molecule has 0 aromatic rings. The van der Waals surface area contributed by atoms with Crippen molar-refractivity contribution in [3.63, 3.8) is 0 Å². The van der Waals surface area contributed by atoms with E-state index >= 15 is 0 Å². The Morgan fingerprint density at radius 1 is 1.35 bits per heavy atom. The number of likely N-dealkylation sites (N-methyl/N-ethyl adjacent to an activating group) is 2. The molecule has 0 aromatic carbocycles. The number of piperazine rings is 1. The molecular formula is C11H21N3O3. The average molecular weight is 243 g/mol. The van der Waals surface area contributed by atoms with Crippen molar-refractivity contribution in [3.05, 3.63) is 0 Å². The Morgan fingerprint density at radius 3 is 2.41 bits per heavy atom. The lowest BCUT2D eigenvalue weighted by Crippen LogP contribution is -2.60. The first-order valence-electron chi connectivity index (χ1n) is 5.67. The number of carbonyl (C=O) groups excluding carboxylic acids is 1. The van der Waals surface area contributed by atoms with Crippen LogP contribution >= 0.6 is 0 Å². The predicted octanol–water partition coefficient (Wildman–Crippen LogP) is 0.149. The third-order valence-corrected chi connectivity index (χ3v) is 3.29. The summed E-state index contributed by atoms with van der Waals surface area (Å²) >= 11 is 0. The van der Waals surface area contributed by atoms with Gasteiger partial charge in [0, 0.05) is 32.2 Å². The Morgan fingerprint density at radius 2 is 1.94 bits per heavy atom. The number of urea groups is 1. The lowest BCUT2D eigenvalue weighted by atomic mass is 10.00. The number of hydrogen-bond acceptors (Lipinski definition) is 3. The van der Waals surface area contributed by atoms with Gasteiger partial charge in [0.05, 0.1) is 0 Å². The van der Waals surface area contributed by atoms with E-state index in [0.717, 1.165) is 6.54 Å². The highest BCUT2D eigenvalue weighted by atomic mass is 16.4. The van der Waals surface area contributed by atoms with Crippen molar-refractivity contribution in [3.8, 4) is 0 Å². The highest BCUT2D eigenvalue weighted by Gasteiger charge is 2.34. The summed E-state index contributed by atoms with van der Waals surface area (Å²) in [7, 11) is 3.55. The maximum absolute atomic E-state index is 12.0. The first-order valence-corrected chi connectivity index (χ1v) is 5.67. The van der Waals surface area contributed by atoms with Crippen LogP contribution in [0.1, 0.15) is 13.8 Å². The molecule has 0 spiro atoms. The van der Waals surface area contributed by atoms with Crippen molar-refractivity contribution < 1.29 is 14.7 Å². The van der Waals surface area contributed by atoms with Gasteiger partial charge in [-0.2, -0.15) is 0 Å². The summed E-state index contributed by atoms with van der Waals surface area (Å²) < 4.78 is 0. The first kappa shape index (κ1) is 13.8. The van der Waals surface area contributed by atoms with E-state index in [1.54, 1.807) is 4.90 Å². The molecule has 0 aliphatic carbocycles. The zero-order valence-corrected chi connectivity index (χ0v) is 10.9. The van der Waals surface area contributed by atoms with Gasteiger partial charge in [0.25, 0.3) is 0 Å². The molecule has 17 heavy (non-hydrogen) atoms. The van der Waals surface area contributed by atoms with Crippen LogP contribution in [0.4, 0.5) is 4.79 Å². The largest absolute Gasteiger partial charge is 0.480 e. The van der Waals surface area contributed by atoms with E-state index < -0.39 is 5.97 Å². The maximum atomic E-state index is 12.0. The van der Waals surface area contributed by atoms with Crippen molar-refractivity contribution in [1.29, 1.82) is 0 Å². The normalized spacial score (nSPS) is 20.1. The minimum atomic E-state index is -0.991. The van der Waals surface area contributed by atoms with Crippen molar-refractivity contribution in [2.75, 3.05) is 40.3 Å². The van der Waals surface area contributed by atoms with Gasteiger partial charge in [-0.1, -0.05) is 0 Å². The maximum Gasteiger partial charge on any atom is 0.323 e. The van der Waals surface area contributed by atoms with Gasteiger partial charge < -0.3 is 14.9 Å². The summed E-state index contributed by atoms with van der Waals surface area (Å²) in [5, 5.41) is 8.66. The molecule has 0 bridgehead atoms. The molecule has 0 saturated carbocycles. The molecular weight excluding hydrogens is 222 g/mol. The van der Waals surface area contributed by atoms with Crippen molar-refractivity contribution in [2.45, 2.75) is 19.4 Å². The van der Waals surface area contributed by atoms with Gasteiger partial charge in [0.1, 0.15) is 6.54 Å². The number of carboxylic acid groups (broad SMARTS) is 1. The minimum absolute atomic E-state index is 0.0715. The standard InChI is InChI=1S/C11H21N3O3/c1-11(2)8-14(6-5-13(11)4)10(17)12(3)7-9(15)16/h5-8H2,1-4H3,(H,15,16). The average Bonchev–Trinajstić information content (AvgIpc) is 2.20. The van der Waals surface area contributed by atoms with Gasteiger partial charge in [-0.05, 0) is 20.9 Å². The highest BCUT2D eigenvalue weighted by molar-refractivity contribution is 5.80. The van der Waals surface area contributed by atoms with E-state index in [1.807, 2.05) is 7.05 Å². The monoisotopic (exact) mass is 243 g/mol. The highest BCUT2D eigenvalue weighted by Crippen LogP contribution is 2.19. The van der Waals surface area contributed by atoms with Crippen LogP contribution in [-0.4, -0.2) is 77.6 Å². The first-order chi connectivity index (χ1) is 7.74. The fraction of sp³-hybridized carbons (Fsp3) is 0.818. The van der Waals surface area contributed by atoms with Crippen LogP contribution in [0.2, 0.25) is 0 Å². The molecule has 0 atom stereocenters. The predicted molar refractivity (Wildman–Crippen MR) is 63.9 cm³/mol. The lowest BCUT2D eigenvalue weighted by molar-refractivity contribution is -0.137. The summed E-state index contributed by atoms with van der Waals surface area (Å²) in [6, 6.07) is -0.214. The van der Waals surface area contributed by atoms with E-state index in [-0.39, 0.29) is 18.1 Å². The van der Waals surface area contributed by atoms with Crippen LogP contribution in [0.3, 0.4) is 0 Å². The summed E-state index contributed by atoms with van der Waals surface area (Å²) in [6.45, 7) is 5.95. The Balaban J connectivity index is 2.62. The summed E-state index contributed by atoms with van der Waals surface area (Å²) in [5.41, 5.74) is -0.0715. The molecule has 98 valence electrons. The fourth-order valence-electron chi connectivity index (χ4n) is 1.92. The Kier molecular flexibility index (Phi) is 3.98. The number of nitrogens with zero attached hydrogens (tertiary/aromatic N) is 3. The molecule has 0 radical (unpaired) electrons. The van der Waals surface area contributed by atoms with E-state index in [2.05, 4.69) is 18.7 Å². The number of rotatable bonds is 2. The number of carbonyl (C=O) groups is 2. The van der Waals surface area contributed by atoms with Crippen LogP contribution in [0.5, 0.6) is 0 Å². The van der Waals surface area contributed by atoms with Gasteiger partial charge in [-0.3, -0.25) is 9.69 Å². The van der Waals surface area contributed by atoms with E-state index in [4.69, 9.17) is 5.11 Å². The van der Waals surface area contributed by atoms with Crippen molar-refractivity contribution in [1.82, 2.24) is 14.7 Å². The van der Waals surface area contributed by atoms with Crippen LogP contribution < -0.4 is 0 Å². The Hall–Kier alpha value is -1.30. The molecule has 1 fully saturated rings. The summed E-state index contributed by atoms with van der Waals surface area (Å²) in [4.78, 5) is 27.7. The zero-order chi connectivity index (χ0) is 13.2. The number of carboxylic acids is 1. The molecule has 1 aliphatic rings. The van der Waals surface area contributed by atoms with Crippen molar-refractivity contribution >= 4 is 12.0 Å². The molecule has 1 N–H and O–H groups in total. The summed E-state index contributed by atoms with van der Waals surface area (Å²) in [6.07, 6.45) is 0. The SMILES string of the molecule is CN(CC(=O)O)C(=O)N1CCN(C)C(C)(C)C1. The van der Waals surface area contributed by atoms with Gasteiger partial charge in [-0.15, -0.1) is 0 Å². The van der Waals surface area contributed by atoms with Crippen LogP contribution in [-0.2, 0) is 4.79 Å². The second-order valence-corrected chi connectivity index (χ2v) is 5.19. The number of aliphatic carboxylic acids is 1. The van der Waals surface area contributed by atoms with Crippen LogP contribution in [0.25, 0.3) is 0 Å². The molecule has 6 heteroatoms. The molecule has 6 nitrogen and oxygen atoms in total. The second kappa shape index (κ2) is 4.91. The second-order valence-electron chi connectivity index (χ2n) is 5.19. The minimum Gasteiger partial charge on any atom is -0.480 e. The number of hydrogen-bond donors (Lipinski definition) is 1. The molecule has 0 aromatic heterocycles. The third kappa shape index (κ3) is 3.33. The fourth-order valence-corrected chi connectivity index (χ4v) is 1.92. The third-order valence-electron chi connectivity index (χ3n) is 3.29. The Bertz CT molecular complexity index is 317. The van der Waals surface area contributed by atoms with Gasteiger partial charge >= 0.3 is 12.0 Å². The van der Waals surface area contributed by atoms with Crippen LogP contribution in [0, 0.1) is 0 Å². The molecule has 0 unspecified atom stereocenters. The lowest BCUT2D eigenvalue weighted by Gasteiger charge is -2.45. The quantitative estimate of drug-likeness (QED) is 0.750. The van der Waals surface area contributed by atoms with Gasteiger partial charge in [0.15, 0.2) is 0 Å². The van der Waals surface area contributed by atoms with E-state index in [0.29, 0.717) is 13.1 Å². The number of amides is 2.